The summed E-state index contributed by atoms with van der Waals surface area (Å²) in [4.78, 5) is 29.7. The van der Waals surface area contributed by atoms with Crippen LogP contribution in [0.1, 0.15) is 43.2 Å². The van der Waals surface area contributed by atoms with Gasteiger partial charge in [-0.3, -0.25) is 14.6 Å². The fraction of sp³-hybridized carbons (Fsp3) is 0.0800. The summed E-state index contributed by atoms with van der Waals surface area (Å²) in [5.41, 5.74) is 3.99. The fourth-order valence-electron chi connectivity index (χ4n) is 2.88. The Labute approximate surface area is 165 Å². The molecule has 2 aromatic carbocycles. The molecule has 0 amide bonds. The van der Waals surface area contributed by atoms with Crippen molar-refractivity contribution in [3.63, 3.8) is 0 Å². The van der Waals surface area contributed by atoms with Crippen molar-refractivity contribution in [3.8, 4) is 0 Å². The van der Waals surface area contributed by atoms with Gasteiger partial charge in [0, 0.05) is 22.5 Å². The third-order valence-electron chi connectivity index (χ3n) is 4.39. The first-order chi connectivity index (χ1) is 13.5. The second-order valence-corrected chi connectivity index (χ2v) is 6.47. The number of nitrogens with zero attached hydrogens (tertiary/aromatic N) is 1. The number of ketones is 2. The van der Waals surface area contributed by atoms with Gasteiger partial charge in [-0.05, 0) is 43.2 Å². The number of carbonyl (C=O) groups is 2. The molecule has 28 heavy (non-hydrogen) atoms. The van der Waals surface area contributed by atoms with Crippen LogP contribution in [0.3, 0.4) is 0 Å². The van der Waals surface area contributed by atoms with E-state index in [1.165, 1.54) is 12.2 Å². The second-order valence-electron chi connectivity index (χ2n) is 6.47. The van der Waals surface area contributed by atoms with Gasteiger partial charge in [0.05, 0.1) is 0 Å². The average Bonchev–Trinajstić information content (AvgIpc) is 2.72. The summed E-state index contributed by atoms with van der Waals surface area (Å²) in [6.45, 7) is 3.56. The lowest BCUT2D eigenvalue weighted by Crippen LogP contribution is -2.08. The molecule has 0 saturated heterocycles. The van der Waals surface area contributed by atoms with Crippen LogP contribution in [-0.4, -0.2) is 16.6 Å². The van der Waals surface area contributed by atoms with E-state index in [0.717, 1.165) is 11.1 Å². The van der Waals surface area contributed by atoms with Gasteiger partial charge in [0.15, 0.2) is 11.6 Å². The fourth-order valence-corrected chi connectivity index (χ4v) is 2.88. The van der Waals surface area contributed by atoms with Gasteiger partial charge in [-0.15, -0.1) is 0 Å². The molecule has 0 aliphatic rings. The van der Waals surface area contributed by atoms with E-state index >= 15 is 0 Å². The van der Waals surface area contributed by atoms with E-state index in [1.807, 2.05) is 60.7 Å². The lowest BCUT2D eigenvalue weighted by molar-refractivity contribution is 0.104. The molecule has 138 valence electrons. The highest BCUT2D eigenvalue weighted by Crippen LogP contribution is 2.16. The molecule has 0 fully saturated rings. The molecule has 0 saturated carbocycles. The second kappa shape index (κ2) is 8.87. The van der Waals surface area contributed by atoms with Gasteiger partial charge in [0.1, 0.15) is 0 Å². The molecule has 0 bridgehead atoms. The minimum absolute atomic E-state index is 0.171. The number of aromatic nitrogens is 1. The molecule has 0 spiro atoms. The van der Waals surface area contributed by atoms with Crippen molar-refractivity contribution >= 4 is 23.7 Å². The van der Waals surface area contributed by atoms with Crippen LogP contribution in [0.15, 0.2) is 78.9 Å². The summed E-state index contributed by atoms with van der Waals surface area (Å²) in [7, 11) is 0. The number of carbonyl (C=O) groups excluding carboxylic acids is 2. The molecular weight excluding hydrogens is 346 g/mol. The van der Waals surface area contributed by atoms with Crippen LogP contribution in [0.4, 0.5) is 0 Å². The van der Waals surface area contributed by atoms with Gasteiger partial charge in [0.25, 0.3) is 0 Å². The highest BCUT2D eigenvalue weighted by molar-refractivity contribution is 6.11. The Morgan fingerprint density at radius 3 is 1.46 bits per heavy atom. The molecule has 3 rings (SSSR count). The highest BCUT2D eigenvalue weighted by atomic mass is 16.1. The molecule has 1 heterocycles. The van der Waals surface area contributed by atoms with Crippen molar-refractivity contribution < 1.29 is 9.59 Å². The van der Waals surface area contributed by atoms with Crippen LogP contribution >= 0.6 is 0 Å². The van der Waals surface area contributed by atoms with E-state index in [1.54, 1.807) is 32.1 Å². The van der Waals surface area contributed by atoms with Gasteiger partial charge >= 0.3 is 0 Å². The molecule has 0 unspecified atom stereocenters. The Morgan fingerprint density at radius 2 is 1.07 bits per heavy atom. The number of benzene rings is 2. The molecule has 0 aliphatic heterocycles. The smallest absolute Gasteiger partial charge is 0.187 e. The van der Waals surface area contributed by atoms with Crippen molar-refractivity contribution in [2.45, 2.75) is 13.8 Å². The summed E-state index contributed by atoms with van der Waals surface area (Å²) in [6, 6.07) is 20.9. The highest BCUT2D eigenvalue weighted by Gasteiger charge is 2.14. The van der Waals surface area contributed by atoms with Gasteiger partial charge in [0.2, 0.25) is 0 Å². The summed E-state index contributed by atoms with van der Waals surface area (Å²) in [5.74, 6) is -0.343. The van der Waals surface area contributed by atoms with E-state index in [4.69, 9.17) is 0 Å². The summed E-state index contributed by atoms with van der Waals surface area (Å²) >= 11 is 0. The zero-order valence-corrected chi connectivity index (χ0v) is 15.9. The summed E-state index contributed by atoms with van der Waals surface area (Å²) in [5, 5.41) is 0. The molecule has 0 radical (unpaired) electrons. The predicted octanol–water partition coefficient (Wildman–Crippen LogP) is 5.49. The van der Waals surface area contributed by atoms with Crippen molar-refractivity contribution in [2.24, 2.45) is 0 Å². The maximum atomic E-state index is 12.6. The lowest BCUT2D eigenvalue weighted by Gasteiger charge is -2.07. The minimum Gasteiger partial charge on any atom is -0.289 e. The third kappa shape index (κ3) is 4.77. The van der Waals surface area contributed by atoms with Gasteiger partial charge in [-0.25, -0.2) is 0 Å². The Morgan fingerprint density at radius 1 is 0.679 bits per heavy atom. The zero-order valence-electron chi connectivity index (χ0n) is 15.9. The lowest BCUT2D eigenvalue weighted by atomic mass is 10.0. The van der Waals surface area contributed by atoms with Gasteiger partial charge in [-0.1, -0.05) is 72.8 Å². The SMILES string of the molecule is Cc1nc(C)c(C(=O)/C=C/c2ccccc2)cc1C(=O)/C=C/c1ccccc1. The minimum atomic E-state index is -0.171. The van der Waals surface area contributed by atoms with E-state index in [2.05, 4.69) is 4.98 Å². The number of allylic oxidation sites excluding steroid dienone is 2. The normalized spacial score (nSPS) is 11.2. The van der Waals surface area contributed by atoms with E-state index in [-0.39, 0.29) is 11.6 Å². The first kappa shape index (κ1) is 19.2. The van der Waals surface area contributed by atoms with Crippen molar-refractivity contribution in [2.75, 3.05) is 0 Å². The van der Waals surface area contributed by atoms with Crippen LogP contribution < -0.4 is 0 Å². The maximum absolute atomic E-state index is 12.6. The Hall–Kier alpha value is -3.59. The number of hydrogen-bond donors (Lipinski definition) is 0. The maximum Gasteiger partial charge on any atom is 0.187 e. The van der Waals surface area contributed by atoms with Crippen LogP contribution in [-0.2, 0) is 0 Å². The number of hydrogen-bond acceptors (Lipinski definition) is 3. The van der Waals surface area contributed by atoms with Gasteiger partial charge < -0.3 is 0 Å². The third-order valence-corrected chi connectivity index (χ3v) is 4.39. The van der Waals surface area contributed by atoms with Gasteiger partial charge in [-0.2, -0.15) is 0 Å². The van der Waals surface area contributed by atoms with Crippen LogP contribution in [0, 0.1) is 13.8 Å². The Kier molecular flexibility index (Phi) is 6.07. The quantitative estimate of drug-likeness (QED) is 0.427. The van der Waals surface area contributed by atoms with Crippen molar-refractivity contribution in [1.29, 1.82) is 0 Å². The molecule has 3 aromatic rings. The summed E-state index contributed by atoms with van der Waals surface area (Å²) in [6.07, 6.45) is 6.56. The standard InChI is InChI=1S/C25H21NO2/c1-18-22(24(27)15-13-20-9-5-3-6-10-20)17-23(19(2)26-18)25(28)16-14-21-11-7-4-8-12-21/h3-17H,1-2H3/b15-13+,16-14+. The molecule has 3 nitrogen and oxygen atoms in total. The average molecular weight is 367 g/mol. The Bertz CT molecular complexity index is 966. The van der Waals surface area contributed by atoms with Crippen molar-refractivity contribution in [1.82, 2.24) is 4.98 Å². The molecule has 0 aliphatic carbocycles. The monoisotopic (exact) mass is 367 g/mol. The van der Waals surface area contributed by atoms with Crippen LogP contribution in [0.5, 0.6) is 0 Å². The zero-order chi connectivity index (χ0) is 19.9. The summed E-state index contributed by atoms with van der Waals surface area (Å²) < 4.78 is 0. The molecule has 3 heteroatoms. The molecule has 1 aromatic heterocycles. The van der Waals surface area contributed by atoms with Crippen LogP contribution in [0.2, 0.25) is 0 Å². The number of pyridine rings is 1. The largest absolute Gasteiger partial charge is 0.289 e. The first-order valence-corrected chi connectivity index (χ1v) is 9.08. The predicted molar refractivity (Wildman–Crippen MR) is 113 cm³/mol. The first-order valence-electron chi connectivity index (χ1n) is 9.08. The molecular formula is C25H21NO2. The van der Waals surface area contributed by atoms with E-state index < -0.39 is 0 Å². The van der Waals surface area contributed by atoms with Crippen LogP contribution in [0.25, 0.3) is 12.2 Å². The molecule has 0 atom stereocenters. The molecule has 0 N–H and O–H groups in total. The van der Waals surface area contributed by atoms with E-state index in [0.29, 0.717) is 22.5 Å². The number of aryl methyl sites for hydroxylation is 2. The van der Waals surface area contributed by atoms with Crippen molar-refractivity contribution in [3.05, 3.63) is 113 Å². The topological polar surface area (TPSA) is 47.0 Å². The van der Waals surface area contributed by atoms with E-state index in [9.17, 15) is 9.59 Å². The number of rotatable bonds is 6. The Balaban J connectivity index is 1.85.